The zero-order chi connectivity index (χ0) is 18.4. The van der Waals surface area contributed by atoms with Crippen LogP contribution in [0.1, 0.15) is 36.0 Å². The van der Waals surface area contributed by atoms with Crippen LogP contribution in [-0.4, -0.2) is 25.0 Å². The van der Waals surface area contributed by atoms with Gasteiger partial charge in [-0.05, 0) is 36.6 Å². The molecule has 0 aromatic heterocycles. The van der Waals surface area contributed by atoms with Gasteiger partial charge in [-0.2, -0.15) is 0 Å². The van der Waals surface area contributed by atoms with E-state index in [1.807, 2.05) is 37.3 Å². The second-order valence-electron chi connectivity index (χ2n) is 6.54. The number of para-hydroxylation sites is 1. The first-order valence-electron chi connectivity index (χ1n) is 9.13. The minimum absolute atomic E-state index is 0.0670. The molecule has 0 saturated carbocycles. The predicted octanol–water partition coefficient (Wildman–Crippen LogP) is 3.18. The maximum atomic E-state index is 12.0. The van der Waals surface area contributed by atoms with Crippen LogP contribution < -0.4 is 16.0 Å². The number of nitrogens with zero attached hydrogens (tertiary/aromatic N) is 1. The van der Waals surface area contributed by atoms with Gasteiger partial charge < -0.3 is 16.0 Å². The van der Waals surface area contributed by atoms with Crippen LogP contribution in [0.3, 0.4) is 0 Å². The van der Waals surface area contributed by atoms with Gasteiger partial charge in [-0.3, -0.25) is 4.79 Å². The van der Waals surface area contributed by atoms with Crippen molar-refractivity contribution in [1.82, 2.24) is 10.6 Å². The van der Waals surface area contributed by atoms with Gasteiger partial charge in [0.15, 0.2) is 5.96 Å². The van der Waals surface area contributed by atoms with E-state index >= 15 is 0 Å². The Bertz CT molecular complexity index is 800. The molecule has 0 aliphatic carbocycles. The van der Waals surface area contributed by atoms with Crippen molar-refractivity contribution in [2.45, 2.75) is 32.7 Å². The highest BCUT2D eigenvalue weighted by molar-refractivity contribution is 5.94. The number of fused-ring (bicyclic) bond motifs is 1. The normalized spacial score (nSPS) is 16.6. The van der Waals surface area contributed by atoms with Gasteiger partial charge in [0.2, 0.25) is 5.91 Å². The Kier molecular flexibility index (Phi) is 5.89. The highest BCUT2D eigenvalue weighted by Gasteiger charge is 2.24. The van der Waals surface area contributed by atoms with Crippen molar-refractivity contribution < 1.29 is 4.79 Å². The quantitative estimate of drug-likeness (QED) is 0.573. The first-order valence-corrected chi connectivity index (χ1v) is 9.13. The molecule has 26 heavy (non-hydrogen) atoms. The fourth-order valence-corrected chi connectivity index (χ4v) is 3.20. The number of anilines is 1. The van der Waals surface area contributed by atoms with Crippen molar-refractivity contribution in [2.75, 3.05) is 18.4 Å². The van der Waals surface area contributed by atoms with Gasteiger partial charge in [-0.15, -0.1) is 0 Å². The second kappa shape index (κ2) is 8.52. The van der Waals surface area contributed by atoms with Crippen molar-refractivity contribution in [3.8, 4) is 0 Å². The lowest BCUT2D eigenvalue weighted by atomic mass is 9.90. The summed E-state index contributed by atoms with van der Waals surface area (Å²) in [6.07, 6.45) is 0.487. The topological polar surface area (TPSA) is 65.5 Å². The number of nitrogens with one attached hydrogen (secondary N) is 3. The number of hydrogen-bond donors (Lipinski definition) is 3. The summed E-state index contributed by atoms with van der Waals surface area (Å²) in [6.45, 7) is 6.24. The fraction of sp³-hybridized carbons (Fsp3) is 0.333. The lowest BCUT2D eigenvalue weighted by molar-refractivity contribution is -0.116. The van der Waals surface area contributed by atoms with Crippen LogP contribution in [-0.2, 0) is 11.3 Å². The average Bonchev–Trinajstić information content (AvgIpc) is 2.64. The molecule has 1 aliphatic heterocycles. The number of guanidine groups is 1. The van der Waals surface area contributed by atoms with Gasteiger partial charge in [0.25, 0.3) is 0 Å². The highest BCUT2D eigenvalue weighted by atomic mass is 16.1. The minimum Gasteiger partial charge on any atom is -0.357 e. The summed E-state index contributed by atoms with van der Waals surface area (Å²) < 4.78 is 0. The Morgan fingerprint density at radius 3 is 2.73 bits per heavy atom. The van der Waals surface area contributed by atoms with E-state index in [9.17, 15) is 4.79 Å². The fourth-order valence-electron chi connectivity index (χ4n) is 3.20. The lowest BCUT2D eigenvalue weighted by Crippen LogP contribution is -2.40. The van der Waals surface area contributed by atoms with Gasteiger partial charge in [0, 0.05) is 31.1 Å². The number of hydrogen-bond acceptors (Lipinski definition) is 2. The standard InChI is InChI=1S/C21H26N4O/c1-3-22-21(23-13-16-9-5-4-8-15(16)2)24-14-17-12-20(26)25-19-11-7-6-10-18(17)19/h4-11,17H,3,12-14H2,1-2H3,(H,25,26)(H2,22,23,24). The summed E-state index contributed by atoms with van der Waals surface area (Å²) >= 11 is 0. The molecule has 3 N–H and O–H groups in total. The molecule has 3 rings (SSSR count). The Morgan fingerprint density at radius 1 is 1.15 bits per heavy atom. The minimum atomic E-state index is 0.0670. The molecule has 1 heterocycles. The first kappa shape index (κ1) is 18.0. The summed E-state index contributed by atoms with van der Waals surface area (Å²) in [6, 6.07) is 16.3. The van der Waals surface area contributed by atoms with Crippen molar-refractivity contribution in [1.29, 1.82) is 0 Å². The molecule has 0 fully saturated rings. The zero-order valence-corrected chi connectivity index (χ0v) is 15.4. The van der Waals surface area contributed by atoms with E-state index in [1.54, 1.807) is 0 Å². The smallest absolute Gasteiger partial charge is 0.225 e. The van der Waals surface area contributed by atoms with Gasteiger partial charge in [0.05, 0.1) is 6.54 Å². The molecule has 136 valence electrons. The molecule has 1 atom stereocenters. The maximum absolute atomic E-state index is 12.0. The Hall–Kier alpha value is -2.82. The van der Waals surface area contributed by atoms with Crippen LogP contribution in [0.2, 0.25) is 0 Å². The summed E-state index contributed by atoms with van der Waals surface area (Å²) in [5.41, 5.74) is 4.55. The number of aryl methyl sites for hydroxylation is 1. The first-order chi connectivity index (χ1) is 12.7. The molecule has 0 saturated heterocycles. The third-order valence-electron chi connectivity index (χ3n) is 4.64. The molecule has 5 heteroatoms. The van der Waals surface area contributed by atoms with E-state index in [2.05, 4.69) is 41.1 Å². The summed E-state index contributed by atoms with van der Waals surface area (Å²) in [7, 11) is 0. The Morgan fingerprint density at radius 2 is 1.92 bits per heavy atom. The predicted molar refractivity (Wildman–Crippen MR) is 106 cm³/mol. The zero-order valence-electron chi connectivity index (χ0n) is 15.4. The van der Waals surface area contributed by atoms with E-state index in [4.69, 9.17) is 4.99 Å². The number of carbonyl (C=O) groups is 1. The second-order valence-corrected chi connectivity index (χ2v) is 6.54. The summed E-state index contributed by atoms with van der Waals surface area (Å²) in [4.78, 5) is 16.7. The van der Waals surface area contributed by atoms with Crippen molar-refractivity contribution in [2.24, 2.45) is 4.99 Å². The van der Waals surface area contributed by atoms with Gasteiger partial charge in [-0.1, -0.05) is 42.5 Å². The van der Waals surface area contributed by atoms with Gasteiger partial charge in [-0.25, -0.2) is 4.99 Å². The third-order valence-corrected chi connectivity index (χ3v) is 4.64. The number of amides is 1. The molecule has 1 unspecified atom stereocenters. The van der Waals surface area contributed by atoms with Crippen molar-refractivity contribution in [3.05, 3.63) is 65.2 Å². The van der Waals surface area contributed by atoms with Gasteiger partial charge >= 0.3 is 0 Å². The molecule has 0 spiro atoms. The van der Waals surface area contributed by atoms with Crippen LogP contribution >= 0.6 is 0 Å². The molecule has 2 aromatic rings. The molecular weight excluding hydrogens is 324 g/mol. The monoisotopic (exact) mass is 350 g/mol. The number of benzene rings is 2. The molecule has 5 nitrogen and oxygen atoms in total. The van der Waals surface area contributed by atoms with Crippen LogP contribution in [0.4, 0.5) is 5.69 Å². The van der Waals surface area contributed by atoms with Crippen LogP contribution in [0, 0.1) is 6.92 Å². The van der Waals surface area contributed by atoms with E-state index in [1.165, 1.54) is 16.7 Å². The highest BCUT2D eigenvalue weighted by Crippen LogP contribution is 2.31. The average molecular weight is 350 g/mol. The number of aliphatic imine (C=N–C) groups is 1. The van der Waals surface area contributed by atoms with E-state index in [0.717, 1.165) is 18.2 Å². The van der Waals surface area contributed by atoms with Crippen LogP contribution in [0.15, 0.2) is 53.5 Å². The number of rotatable bonds is 5. The molecular formula is C21H26N4O. The molecule has 1 aliphatic rings. The SMILES string of the molecule is CCNC(=NCc1ccccc1C)NCC1CC(=O)Nc2ccccc21. The largest absolute Gasteiger partial charge is 0.357 e. The van der Waals surface area contributed by atoms with Crippen LogP contribution in [0.25, 0.3) is 0 Å². The molecule has 1 amide bonds. The van der Waals surface area contributed by atoms with Gasteiger partial charge in [0.1, 0.15) is 0 Å². The van der Waals surface area contributed by atoms with E-state index in [-0.39, 0.29) is 11.8 Å². The van der Waals surface area contributed by atoms with Crippen LogP contribution in [0.5, 0.6) is 0 Å². The molecule has 2 aromatic carbocycles. The molecule has 0 bridgehead atoms. The Labute approximate surface area is 154 Å². The lowest BCUT2D eigenvalue weighted by Gasteiger charge is -2.26. The van der Waals surface area contributed by atoms with E-state index in [0.29, 0.717) is 19.5 Å². The summed E-state index contributed by atoms with van der Waals surface area (Å²) in [5.74, 6) is 0.985. The van der Waals surface area contributed by atoms with E-state index < -0.39 is 0 Å². The number of carbonyl (C=O) groups excluding carboxylic acids is 1. The molecule has 0 radical (unpaired) electrons. The van der Waals surface area contributed by atoms with Crippen molar-refractivity contribution in [3.63, 3.8) is 0 Å². The summed E-state index contributed by atoms with van der Waals surface area (Å²) in [5, 5.41) is 9.63. The van der Waals surface area contributed by atoms with Crippen molar-refractivity contribution >= 4 is 17.6 Å². The third kappa shape index (κ3) is 4.42. The maximum Gasteiger partial charge on any atom is 0.225 e. The Balaban J connectivity index is 1.68.